The van der Waals surface area contributed by atoms with Crippen molar-refractivity contribution in [3.8, 4) is 11.5 Å². The van der Waals surface area contributed by atoms with Crippen LogP contribution >= 0.6 is 11.6 Å². The molecule has 0 saturated heterocycles. The second kappa shape index (κ2) is 6.67. The van der Waals surface area contributed by atoms with E-state index in [2.05, 4.69) is 5.43 Å². The van der Waals surface area contributed by atoms with Crippen LogP contribution < -0.4 is 26.5 Å². The van der Waals surface area contributed by atoms with Gasteiger partial charge in [-0.25, -0.2) is 5.43 Å². The third-order valence-electron chi connectivity index (χ3n) is 3.28. The summed E-state index contributed by atoms with van der Waals surface area (Å²) in [7, 11) is 3.20. The Kier molecular flexibility index (Phi) is 4.90. The SMILES string of the molecule is COc1ccc(C(NN)c2ccc(Cl)cc2N)c(OC)c1. The lowest BCUT2D eigenvalue weighted by Gasteiger charge is -2.21. The highest BCUT2D eigenvalue weighted by Crippen LogP contribution is 2.35. The van der Waals surface area contributed by atoms with Gasteiger partial charge < -0.3 is 15.2 Å². The number of hydrogen-bond donors (Lipinski definition) is 3. The van der Waals surface area contributed by atoms with Gasteiger partial charge in [0, 0.05) is 22.3 Å². The molecule has 21 heavy (non-hydrogen) atoms. The number of ether oxygens (including phenoxy) is 2. The number of methoxy groups -OCH3 is 2. The van der Waals surface area contributed by atoms with Crippen molar-refractivity contribution in [1.82, 2.24) is 5.43 Å². The van der Waals surface area contributed by atoms with Crippen molar-refractivity contribution in [3.63, 3.8) is 0 Å². The third-order valence-corrected chi connectivity index (χ3v) is 3.51. The monoisotopic (exact) mass is 307 g/mol. The van der Waals surface area contributed by atoms with Gasteiger partial charge in [-0.2, -0.15) is 0 Å². The van der Waals surface area contributed by atoms with Crippen molar-refractivity contribution in [1.29, 1.82) is 0 Å². The second-order valence-corrected chi connectivity index (χ2v) is 4.92. The molecule has 0 saturated carbocycles. The Morgan fingerprint density at radius 2 is 1.76 bits per heavy atom. The molecule has 2 rings (SSSR count). The number of rotatable bonds is 5. The van der Waals surface area contributed by atoms with Crippen molar-refractivity contribution in [2.45, 2.75) is 6.04 Å². The highest BCUT2D eigenvalue weighted by atomic mass is 35.5. The van der Waals surface area contributed by atoms with Gasteiger partial charge in [-0.1, -0.05) is 17.7 Å². The molecule has 2 aromatic carbocycles. The normalized spacial score (nSPS) is 12.0. The van der Waals surface area contributed by atoms with Crippen LogP contribution in [0.2, 0.25) is 5.02 Å². The first-order valence-corrected chi connectivity index (χ1v) is 6.71. The van der Waals surface area contributed by atoms with Gasteiger partial charge in [0.15, 0.2) is 0 Å². The van der Waals surface area contributed by atoms with E-state index in [9.17, 15) is 0 Å². The van der Waals surface area contributed by atoms with E-state index in [1.54, 1.807) is 32.4 Å². The van der Waals surface area contributed by atoms with E-state index in [-0.39, 0.29) is 6.04 Å². The zero-order chi connectivity index (χ0) is 15.4. The fourth-order valence-electron chi connectivity index (χ4n) is 2.21. The molecular formula is C15H18ClN3O2. The first-order valence-electron chi connectivity index (χ1n) is 6.33. The molecule has 0 aromatic heterocycles. The molecule has 0 bridgehead atoms. The molecule has 5 N–H and O–H groups in total. The Balaban J connectivity index is 2.50. The standard InChI is InChI=1S/C15H18ClN3O2/c1-20-10-4-6-12(14(8-10)21-2)15(19-18)11-5-3-9(16)7-13(11)17/h3-8,15,19H,17-18H2,1-2H3. The Labute approximate surface area is 128 Å². The first kappa shape index (κ1) is 15.4. The van der Waals surface area contributed by atoms with Crippen molar-refractivity contribution in [2.75, 3.05) is 20.0 Å². The molecule has 5 nitrogen and oxygen atoms in total. The third kappa shape index (κ3) is 3.21. The van der Waals surface area contributed by atoms with E-state index in [4.69, 9.17) is 32.7 Å². The molecule has 6 heteroatoms. The van der Waals surface area contributed by atoms with Crippen LogP contribution in [0, 0.1) is 0 Å². The molecule has 112 valence electrons. The summed E-state index contributed by atoms with van der Waals surface area (Å²) in [5, 5.41) is 0.578. The maximum atomic E-state index is 6.04. The summed E-state index contributed by atoms with van der Waals surface area (Å²) in [4.78, 5) is 0. The fourth-order valence-corrected chi connectivity index (χ4v) is 2.39. The largest absolute Gasteiger partial charge is 0.497 e. The number of hydrogen-bond acceptors (Lipinski definition) is 5. The number of nitrogens with two attached hydrogens (primary N) is 2. The van der Waals surface area contributed by atoms with E-state index in [0.29, 0.717) is 22.2 Å². The van der Waals surface area contributed by atoms with Crippen LogP contribution in [0.1, 0.15) is 17.2 Å². The predicted molar refractivity (Wildman–Crippen MR) is 84.6 cm³/mol. The number of halogens is 1. The van der Waals surface area contributed by atoms with E-state index in [1.807, 2.05) is 18.2 Å². The Morgan fingerprint density at radius 3 is 2.33 bits per heavy atom. The second-order valence-electron chi connectivity index (χ2n) is 4.48. The molecule has 1 unspecified atom stereocenters. The summed E-state index contributed by atoms with van der Waals surface area (Å²) in [6.07, 6.45) is 0. The molecule has 0 spiro atoms. The fraction of sp³-hybridized carbons (Fsp3) is 0.200. The van der Waals surface area contributed by atoms with E-state index >= 15 is 0 Å². The van der Waals surface area contributed by atoms with Crippen LogP contribution in [0.25, 0.3) is 0 Å². The van der Waals surface area contributed by atoms with Gasteiger partial charge in [0.25, 0.3) is 0 Å². The topological polar surface area (TPSA) is 82.5 Å². The molecule has 0 aliphatic rings. The number of anilines is 1. The highest BCUT2D eigenvalue weighted by Gasteiger charge is 2.20. The van der Waals surface area contributed by atoms with Crippen molar-refractivity contribution >= 4 is 17.3 Å². The van der Waals surface area contributed by atoms with Crippen LogP contribution in [-0.2, 0) is 0 Å². The van der Waals surface area contributed by atoms with E-state index in [1.165, 1.54) is 0 Å². The highest BCUT2D eigenvalue weighted by molar-refractivity contribution is 6.30. The molecule has 0 heterocycles. The average molecular weight is 308 g/mol. The number of nitrogens with one attached hydrogen (secondary N) is 1. The summed E-state index contributed by atoms with van der Waals surface area (Å²) in [5.41, 5.74) is 11.0. The zero-order valence-electron chi connectivity index (χ0n) is 11.9. The Hall–Kier alpha value is -1.95. The molecular weight excluding hydrogens is 290 g/mol. The Bertz CT molecular complexity index is 634. The van der Waals surface area contributed by atoms with Crippen molar-refractivity contribution in [3.05, 3.63) is 52.5 Å². The van der Waals surface area contributed by atoms with Crippen LogP contribution in [-0.4, -0.2) is 14.2 Å². The summed E-state index contributed by atoms with van der Waals surface area (Å²) in [6, 6.07) is 10.5. The maximum absolute atomic E-state index is 6.04. The molecule has 0 amide bonds. The zero-order valence-corrected chi connectivity index (χ0v) is 12.6. The molecule has 0 fully saturated rings. The van der Waals surface area contributed by atoms with Gasteiger partial charge in [-0.05, 0) is 29.8 Å². The summed E-state index contributed by atoms with van der Waals surface area (Å²) < 4.78 is 10.6. The van der Waals surface area contributed by atoms with Gasteiger partial charge in [0.2, 0.25) is 0 Å². The average Bonchev–Trinajstić information content (AvgIpc) is 2.50. The molecule has 2 aromatic rings. The van der Waals surface area contributed by atoms with Crippen LogP contribution in [0.5, 0.6) is 11.5 Å². The van der Waals surface area contributed by atoms with Crippen LogP contribution in [0.3, 0.4) is 0 Å². The van der Waals surface area contributed by atoms with Crippen molar-refractivity contribution in [2.24, 2.45) is 5.84 Å². The van der Waals surface area contributed by atoms with Gasteiger partial charge in [0.05, 0.1) is 20.3 Å². The molecule has 0 radical (unpaired) electrons. The number of hydrazine groups is 1. The minimum absolute atomic E-state index is 0.317. The van der Waals surface area contributed by atoms with E-state index in [0.717, 1.165) is 11.1 Å². The lowest BCUT2D eigenvalue weighted by molar-refractivity contribution is 0.387. The minimum atomic E-state index is -0.317. The Morgan fingerprint density at radius 1 is 1.05 bits per heavy atom. The minimum Gasteiger partial charge on any atom is -0.497 e. The number of benzene rings is 2. The van der Waals surface area contributed by atoms with Gasteiger partial charge >= 0.3 is 0 Å². The lowest BCUT2D eigenvalue weighted by atomic mass is 9.97. The molecule has 0 aliphatic carbocycles. The van der Waals surface area contributed by atoms with Crippen LogP contribution in [0.15, 0.2) is 36.4 Å². The molecule has 1 atom stereocenters. The van der Waals surface area contributed by atoms with E-state index < -0.39 is 0 Å². The predicted octanol–water partition coefficient (Wildman–Crippen LogP) is 2.49. The molecule has 0 aliphatic heterocycles. The quantitative estimate of drug-likeness (QED) is 0.449. The lowest BCUT2D eigenvalue weighted by Crippen LogP contribution is -2.29. The van der Waals surface area contributed by atoms with Crippen LogP contribution in [0.4, 0.5) is 5.69 Å². The van der Waals surface area contributed by atoms with Gasteiger partial charge in [0.1, 0.15) is 11.5 Å². The van der Waals surface area contributed by atoms with Gasteiger partial charge in [-0.3, -0.25) is 5.84 Å². The maximum Gasteiger partial charge on any atom is 0.127 e. The summed E-state index contributed by atoms with van der Waals surface area (Å²) >= 11 is 5.94. The number of nitrogen functional groups attached to an aromatic ring is 1. The first-order chi connectivity index (χ1) is 10.1. The van der Waals surface area contributed by atoms with Gasteiger partial charge in [-0.15, -0.1) is 0 Å². The van der Waals surface area contributed by atoms with Crippen molar-refractivity contribution < 1.29 is 9.47 Å². The smallest absolute Gasteiger partial charge is 0.127 e. The summed E-state index contributed by atoms with van der Waals surface area (Å²) in [6.45, 7) is 0. The summed E-state index contributed by atoms with van der Waals surface area (Å²) in [5.74, 6) is 7.08.